The third-order valence-corrected chi connectivity index (χ3v) is 8.62. The van der Waals surface area contributed by atoms with E-state index in [1.54, 1.807) is 23.7 Å². The van der Waals surface area contributed by atoms with Crippen LogP contribution in [-0.2, 0) is 19.4 Å². The second-order valence-corrected chi connectivity index (χ2v) is 10.8. The van der Waals surface area contributed by atoms with Crippen molar-refractivity contribution in [3.05, 3.63) is 52.0 Å². The van der Waals surface area contributed by atoms with Crippen LogP contribution < -0.4 is 5.32 Å². The van der Waals surface area contributed by atoms with Crippen LogP contribution in [0, 0.1) is 0 Å². The van der Waals surface area contributed by atoms with Gasteiger partial charge in [0.1, 0.15) is 17.0 Å². The lowest BCUT2D eigenvalue weighted by atomic mass is 9.95. The van der Waals surface area contributed by atoms with Crippen molar-refractivity contribution in [3.8, 4) is 10.4 Å². The van der Waals surface area contributed by atoms with E-state index in [2.05, 4.69) is 43.0 Å². The first-order valence-electron chi connectivity index (χ1n) is 11.5. The fraction of sp³-hybridized carbons (Fsp3) is 0.375. The van der Waals surface area contributed by atoms with Gasteiger partial charge in [0.2, 0.25) is 0 Å². The van der Waals surface area contributed by atoms with Gasteiger partial charge in [-0.3, -0.25) is 9.58 Å². The van der Waals surface area contributed by atoms with Crippen LogP contribution in [0.15, 0.2) is 30.7 Å². The molecule has 0 bridgehead atoms. The number of halogens is 2. The number of nitrogens with zero attached hydrogens (tertiary/aromatic N) is 6. The lowest BCUT2D eigenvalue weighted by Crippen LogP contribution is -2.45. The van der Waals surface area contributed by atoms with E-state index in [1.165, 1.54) is 21.7 Å². The lowest BCUT2D eigenvalue weighted by molar-refractivity contribution is 0.148. The molecule has 1 aliphatic heterocycles. The van der Waals surface area contributed by atoms with Crippen molar-refractivity contribution in [2.75, 3.05) is 45.1 Å². The van der Waals surface area contributed by atoms with Crippen molar-refractivity contribution in [2.45, 2.75) is 19.4 Å². The number of aryl methyl sites for hydroxylation is 2. The Labute approximate surface area is 212 Å². The normalized spacial score (nSPS) is 16.6. The molecular formula is C24H25Cl2N7S. The molecule has 1 saturated heterocycles. The van der Waals surface area contributed by atoms with E-state index < -0.39 is 0 Å². The highest BCUT2D eigenvalue weighted by atomic mass is 35.5. The maximum Gasteiger partial charge on any atom is 0.142 e. The first kappa shape index (κ1) is 22.2. The third kappa shape index (κ3) is 4.18. The molecule has 0 amide bonds. The van der Waals surface area contributed by atoms with Crippen molar-refractivity contribution in [3.63, 3.8) is 0 Å². The summed E-state index contributed by atoms with van der Waals surface area (Å²) in [4.78, 5) is 16.3. The van der Waals surface area contributed by atoms with Crippen molar-refractivity contribution < 1.29 is 0 Å². The van der Waals surface area contributed by atoms with E-state index in [0.29, 0.717) is 10.0 Å². The molecule has 0 spiro atoms. The molecule has 2 aliphatic rings. The molecule has 0 unspecified atom stereocenters. The Kier molecular flexibility index (Phi) is 5.95. The van der Waals surface area contributed by atoms with Gasteiger partial charge in [0.05, 0.1) is 27.7 Å². The SMILES string of the molecule is CN1CCN(CCn2cc3c(n2)CCc2c-3sc3ncnc(Nc4ccc(Cl)c(Cl)c4)c23)CC1. The topological polar surface area (TPSA) is 62.1 Å². The van der Waals surface area contributed by atoms with Gasteiger partial charge in [-0.2, -0.15) is 5.10 Å². The lowest BCUT2D eigenvalue weighted by Gasteiger charge is -2.32. The number of fused-ring (bicyclic) bond motifs is 5. The van der Waals surface area contributed by atoms with E-state index in [-0.39, 0.29) is 0 Å². The van der Waals surface area contributed by atoms with E-state index in [4.69, 9.17) is 28.3 Å². The first-order chi connectivity index (χ1) is 16.5. The molecule has 34 heavy (non-hydrogen) atoms. The molecule has 4 heterocycles. The monoisotopic (exact) mass is 513 g/mol. The number of piperazine rings is 1. The molecule has 6 rings (SSSR count). The van der Waals surface area contributed by atoms with Gasteiger partial charge in [-0.25, -0.2) is 9.97 Å². The summed E-state index contributed by atoms with van der Waals surface area (Å²) in [6, 6.07) is 5.51. The number of anilines is 2. The van der Waals surface area contributed by atoms with Gasteiger partial charge in [-0.15, -0.1) is 11.3 Å². The van der Waals surface area contributed by atoms with Crippen LogP contribution in [0.5, 0.6) is 0 Å². The standard InChI is InChI=1S/C24H25Cl2N7S/c1-31-6-8-32(9-7-31)10-11-33-13-17-20(30-33)5-3-16-21-23(27-14-28-24(21)34-22(16)17)29-15-2-4-18(25)19(26)12-15/h2,4,12-14H,3,5-11H2,1H3,(H,27,28,29). The number of aromatic nitrogens is 4. The molecule has 1 aliphatic carbocycles. The average Bonchev–Trinajstić information content (AvgIpc) is 3.42. The smallest absolute Gasteiger partial charge is 0.142 e. The molecule has 0 radical (unpaired) electrons. The van der Waals surface area contributed by atoms with Gasteiger partial charge in [0.15, 0.2) is 0 Å². The molecule has 10 heteroatoms. The molecule has 0 saturated carbocycles. The molecule has 1 fully saturated rings. The Bertz CT molecular complexity index is 1360. The molecule has 0 atom stereocenters. The van der Waals surface area contributed by atoms with Crippen LogP contribution in [0.25, 0.3) is 20.7 Å². The highest BCUT2D eigenvalue weighted by Crippen LogP contribution is 2.45. The minimum Gasteiger partial charge on any atom is -0.340 e. The zero-order valence-electron chi connectivity index (χ0n) is 18.9. The quantitative estimate of drug-likeness (QED) is 0.407. The molecule has 4 aromatic rings. The number of likely N-dealkylation sites (N-methyl/N-ethyl adjacent to an activating group) is 1. The minimum atomic E-state index is 0.512. The Balaban J connectivity index is 1.28. The van der Waals surface area contributed by atoms with Crippen LogP contribution in [-0.4, -0.2) is 69.3 Å². The van der Waals surface area contributed by atoms with Crippen LogP contribution in [0.2, 0.25) is 10.0 Å². The van der Waals surface area contributed by atoms with Crippen molar-refractivity contribution >= 4 is 56.3 Å². The molecule has 1 N–H and O–H groups in total. The summed E-state index contributed by atoms with van der Waals surface area (Å²) in [6.45, 7) is 6.49. The second kappa shape index (κ2) is 9.09. The summed E-state index contributed by atoms with van der Waals surface area (Å²) >= 11 is 14.0. The second-order valence-electron chi connectivity index (χ2n) is 8.96. The predicted molar refractivity (Wildman–Crippen MR) is 140 cm³/mol. The fourth-order valence-corrected chi connectivity index (χ4v) is 6.28. The van der Waals surface area contributed by atoms with Gasteiger partial charge in [-0.05, 0) is 43.7 Å². The van der Waals surface area contributed by atoms with Gasteiger partial charge in [0, 0.05) is 55.0 Å². The van der Waals surface area contributed by atoms with Crippen LogP contribution in [0.4, 0.5) is 11.5 Å². The summed E-state index contributed by atoms with van der Waals surface area (Å²) in [6.07, 6.45) is 5.70. The minimum absolute atomic E-state index is 0.512. The van der Waals surface area contributed by atoms with Gasteiger partial charge < -0.3 is 10.2 Å². The zero-order chi connectivity index (χ0) is 23.2. The number of thiophene rings is 1. The Hall–Kier alpha value is -2.23. The van der Waals surface area contributed by atoms with E-state index in [0.717, 1.165) is 73.8 Å². The van der Waals surface area contributed by atoms with Crippen LogP contribution >= 0.6 is 34.5 Å². The zero-order valence-corrected chi connectivity index (χ0v) is 21.2. The van der Waals surface area contributed by atoms with Crippen LogP contribution in [0.3, 0.4) is 0 Å². The Morgan fingerprint density at radius 1 is 1.03 bits per heavy atom. The van der Waals surface area contributed by atoms with Gasteiger partial charge >= 0.3 is 0 Å². The first-order valence-corrected chi connectivity index (χ1v) is 13.1. The third-order valence-electron chi connectivity index (χ3n) is 6.71. The maximum atomic E-state index is 6.22. The summed E-state index contributed by atoms with van der Waals surface area (Å²) < 4.78 is 2.13. The highest BCUT2D eigenvalue weighted by Gasteiger charge is 2.26. The van der Waals surface area contributed by atoms with E-state index >= 15 is 0 Å². The Morgan fingerprint density at radius 2 is 1.88 bits per heavy atom. The van der Waals surface area contributed by atoms with Crippen molar-refractivity contribution in [2.24, 2.45) is 0 Å². The summed E-state index contributed by atoms with van der Waals surface area (Å²) in [7, 11) is 2.19. The fourth-order valence-electron chi connectivity index (χ4n) is 4.76. The van der Waals surface area contributed by atoms with Crippen molar-refractivity contribution in [1.29, 1.82) is 0 Å². The summed E-state index contributed by atoms with van der Waals surface area (Å²) in [5, 5.41) is 10.5. The summed E-state index contributed by atoms with van der Waals surface area (Å²) in [5.41, 5.74) is 4.57. The molecular weight excluding hydrogens is 489 g/mol. The van der Waals surface area contributed by atoms with Crippen LogP contribution in [0.1, 0.15) is 11.3 Å². The molecule has 3 aromatic heterocycles. The molecule has 176 valence electrons. The average molecular weight is 514 g/mol. The highest BCUT2D eigenvalue weighted by molar-refractivity contribution is 7.22. The predicted octanol–water partition coefficient (Wildman–Crippen LogP) is 4.95. The van der Waals surface area contributed by atoms with Gasteiger partial charge in [0.25, 0.3) is 0 Å². The number of nitrogens with one attached hydrogen (secondary N) is 1. The Morgan fingerprint density at radius 3 is 2.71 bits per heavy atom. The largest absolute Gasteiger partial charge is 0.340 e. The molecule has 7 nitrogen and oxygen atoms in total. The number of benzene rings is 1. The summed E-state index contributed by atoms with van der Waals surface area (Å²) in [5.74, 6) is 0.798. The maximum absolute atomic E-state index is 6.22. The number of rotatable bonds is 5. The number of hydrogen-bond donors (Lipinski definition) is 1. The van der Waals surface area contributed by atoms with E-state index in [1.807, 2.05) is 12.1 Å². The van der Waals surface area contributed by atoms with Gasteiger partial charge in [-0.1, -0.05) is 23.2 Å². The van der Waals surface area contributed by atoms with Crippen molar-refractivity contribution in [1.82, 2.24) is 29.5 Å². The number of hydrogen-bond acceptors (Lipinski definition) is 7. The van der Waals surface area contributed by atoms with E-state index in [9.17, 15) is 0 Å². The molecule has 1 aromatic carbocycles.